The van der Waals surface area contributed by atoms with Crippen LogP contribution >= 0.6 is 0 Å². The number of hydrogen-bond acceptors (Lipinski definition) is 3. The lowest BCUT2D eigenvalue weighted by atomic mass is 9.79. The van der Waals surface area contributed by atoms with Crippen LogP contribution in [0.4, 0.5) is 4.39 Å². The Morgan fingerprint density at radius 1 is 1.08 bits per heavy atom. The summed E-state index contributed by atoms with van der Waals surface area (Å²) in [4.78, 5) is 0.277. The number of ether oxygens (including phenoxy) is 1. The molecule has 0 amide bonds. The molecule has 24 heavy (non-hydrogen) atoms. The van der Waals surface area contributed by atoms with Gasteiger partial charge in [-0.05, 0) is 49.2 Å². The summed E-state index contributed by atoms with van der Waals surface area (Å²) in [6, 6.07) is 13.2. The van der Waals surface area contributed by atoms with Gasteiger partial charge in [0.1, 0.15) is 11.4 Å². The molecule has 1 atom stereocenters. The number of benzene rings is 2. The maximum absolute atomic E-state index is 13.6. The Bertz CT molecular complexity index is 896. The van der Waals surface area contributed by atoms with E-state index in [2.05, 4.69) is 0 Å². The van der Waals surface area contributed by atoms with Crippen molar-refractivity contribution in [2.24, 2.45) is 0 Å². The highest BCUT2D eigenvalue weighted by atomic mass is 32.2. The van der Waals surface area contributed by atoms with Crippen LogP contribution in [0.1, 0.15) is 30.9 Å². The van der Waals surface area contributed by atoms with E-state index in [-0.39, 0.29) is 16.6 Å². The molecule has 0 aliphatic carbocycles. The Labute approximate surface area is 141 Å². The first-order valence-corrected chi connectivity index (χ1v) is 9.51. The van der Waals surface area contributed by atoms with Gasteiger partial charge in [0.15, 0.2) is 9.84 Å². The molecule has 2 aromatic carbocycles. The van der Waals surface area contributed by atoms with Crippen molar-refractivity contribution in [3.05, 3.63) is 71.7 Å². The summed E-state index contributed by atoms with van der Waals surface area (Å²) >= 11 is 0. The van der Waals surface area contributed by atoms with Gasteiger partial charge in [0.2, 0.25) is 0 Å². The second-order valence-corrected chi connectivity index (χ2v) is 8.59. The fourth-order valence-corrected chi connectivity index (χ4v) is 3.75. The van der Waals surface area contributed by atoms with E-state index in [9.17, 15) is 12.8 Å². The van der Waals surface area contributed by atoms with Crippen molar-refractivity contribution in [1.29, 1.82) is 0 Å². The Hall–Kier alpha value is -2.14. The zero-order chi connectivity index (χ0) is 17.5. The van der Waals surface area contributed by atoms with Crippen molar-refractivity contribution in [3.8, 4) is 0 Å². The van der Waals surface area contributed by atoms with Crippen molar-refractivity contribution in [2.75, 3.05) is 6.26 Å². The highest BCUT2D eigenvalue weighted by Crippen LogP contribution is 2.47. The predicted molar refractivity (Wildman–Crippen MR) is 91.8 cm³/mol. The van der Waals surface area contributed by atoms with Crippen molar-refractivity contribution in [2.45, 2.75) is 30.3 Å². The highest BCUT2D eigenvalue weighted by molar-refractivity contribution is 7.90. The Morgan fingerprint density at radius 3 is 2.33 bits per heavy atom. The molecule has 2 aromatic rings. The fraction of sp³-hybridized carbons (Fsp3) is 0.263. The molecule has 0 fully saturated rings. The predicted octanol–water partition coefficient (Wildman–Crippen LogP) is 4.16. The number of rotatable bonds is 3. The van der Waals surface area contributed by atoms with Gasteiger partial charge in [0.05, 0.1) is 17.1 Å². The molecular formula is C19H19FO3S. The van der Waals surface area contributed by atoms with Gasteiger partial charge >= 0.3 is 0 Å². The second kappa shape index (κ2) is 5.74. The van der Waals surface area contributed by atoms with E-state index in [0.717, 1.165) is 16.7 Å². The Kier molecular flexibility index (Phi) is 4.00. The maximum Gasteiger partial charge on any atom is 0.175 e. The van der Waals surface area contributed by atoms with E-state index in [1.54, 1.807) is 36.6 Å². The van der Waals surface area contributed by atoms with Gasteiger partial charge in [-0.2, -0.15) is 0 Å². The van der Waals surface area contributed by atoms with Crippen LogP contribution in [-0.2, 0) is 14.6 Å². The first kappa shape index (κ1) is 16.7. The van der Waals surface area contributed by atoms with Crippen molar-refractivity contribution in [1.82, 2.24) is 0 Å². The summed E-state index contributed by atoms with van der Waals surface area (Å²) in [6.45, 7) is 3.93. The minimum Gasteiger partial charge on any atom is -0.494 e. The number of sulfone groups is 1. The van der Waals surface area contributed by atoms with Crippen LogP contribution < -0.4 is 0 Å². The minimum absolute atomic E-state index is 0.118. The zero-order valence-electron chi connectivity index (χ0n) is 13.8. The van der Waals surface area contributed by atoms with E-state index in [0.29, 0.717) is 0 Å². The summed E-state index contributed by atoms with van der Waals surface area (Å²) in [5, 5.41) is 0. The van der Waals surface area contributed by atoms with E-state index in [4.69, 9.17) is 4.74 Å². The third-order valence-corrected chi connectivity index (χ3v) is 5.42. The van der Waals surface area contributed by atoms with Gasteiger partial charge in [0.25, 0.3) is 0 Å². The zero-order valence-corrected chi connectivity index (χ0v) is 14.6. The molecule has 0 bridgehead atoms. The maximum atomic E-state index is 13.6. The summed E-state index contributed by atoms with van der Waals surface area (Å²) in [5.74, 6) is -0.419. The van der Waals surface area contributed by atoms with Crippen LogP contribution in [0.5, 0.6) is 0 Å². The molecule has 0 saturated heterocycles. The molecule has 0 N–H and O–H groups in total. The largest absolute Gasteiger partial charge is 0.494 e. The molecule has 0 spiro atoms. The fourth-order valence-electron chi connectivity index (χ4n) is 3.12. The molecular weight excluding hydrogens is 327 g/mol. The molecule has 0 aromatic heterocycles. The first-order valence-electron chi connectivity index (χ1n) is 7.62. The number of hydrogen-bond donors (Lipinski definition) is 0. The number of halogens is 1. The third kappa shape index (κ3) is 3.08. The lowest BCUT2D eigenvalue weighted by Gasteiger charge is -2.29. The second-order valence-electron chi connectivity index (χ2n) is 6.58. The molecule has 0 radical (unpaired) electrons. The van der Waals surface area contributed by atoms with Crippen LogP contribution in [0.3, 0.4) is 0 Å². The molecule has 1 unspecified atom stereocenters. The van der Waals surface area contributed by atoms with E-state index < -0.39 is 15.4 Å². The van der Waals surface area contributed by atoms with Crippen molar-refractivity contribution < 1.29 is 17.5 Å². The highest BCUT2D eigenvalue weighted by Gasteiger charge is 2.40. The summed E-state index contributed by atoms with van der Waals surface area (Å²) in [5.41, 5.74) is 2.07. The van der Waals surface area contributed by atoms with E-state index in [1.165, 1.54) is 18.4 Å². The van der Waals surface area contributed by atoms with Crippen LogP contribution in [0.2, 0.25) is 0 Å². The normalized spacial score (nSPS) is 19.7. The van der Waals surface area contributed by atoms with Gasteiger partial charge in [0, 0.05) is 11.8 Å². The average molecular weight is 346 g/mol. The lowest BCUT2D eigenvalue weighted by molar-refractivity contribution is 0.0685. The Morgan fingerprint density at radius 2 is 1.75 bits per heavy atom. The quantitative estimate of drug-likeness (QED) is 0.838. The monoisotopic (exact) mass is 346 g/mol. The van der Waals surface area contributed by atoms with Crippen LogP contribution in [0.25, 0.3) is 5.57 Å². The SMILES string of the molecule is CC1(C)OC=C(c2cccc(F)c2)C1c1ccc(S(C)(=O)=O)cc1. The van der Waals surface area contributed by atoms with E-state index in [1.807, 2.05) is 19.9 Å². The topological polar surface area (TPSA) is 43.4 Å². The first-order chi connectivity index (χ1) is 11.2. The minimum atomic E-state index is -3.24. The molecule has 1 aliphatic rings. The van der Waals surface area contributed by atoms with Gasteiger partial charge in [-0.3, -0.25) is 0 Å². The van der Waals surface area contributed by atoms with Gasteiger partial charge in [-0.1, -0.05) is 24.3 Å². The molecule has 3 rings (SSSR count). The van der Waals surface area contributed by atoms with Crippen molar-refractivity contribution >= 4 is 15.4 Å². The third-order valence-electron chi connectivity index (χ3n) is 4.30. The smallest absolute Gasteiger partial charge is 0.175 e. The molecule has 1 heterocycles. The van der Waals surface area contributed by atoms with Gasteiger partial charge in [-0.25, -0.2) is 12.8 Å². The molecule has 126 valence electrons. The van der Waals surface area contributed by atoms with Crippen LogP contribution in [0.15, 0.2) is 59.7 Å². The Balaban J connectivity index is 2.04. The molecule has 5 heteroatoms. The molecule has 1 aliphatic heterocycles. The molecule has 0 saturated carbocycles. The van der Waals surface area contributed by atoms with E-state index >= 15 is 0 Å². The van der Waals surface area contributed by atoms with Gasteiger partial charge < -0.3 is 4.74 Å². The van der Waals surface area contributed by atoms with Crippen molar-refractivity contribution in [3.63, 3.8) is 0 Å². The standard InChI is InChI=1S/C19H19FO3S/c1-19(2)18(13-7-9-16(10-8-13)24(3,21)22)17(12-23-19)14-5-4-6-15(20)11-14/h4-12,18H,1-3H3. The van der Waals surface area contributed by atoms with Crippen LogP contribution in [-0.4, -0.2) is 20.3 Å². The molecule has 3 nitrogen and oxygen atoms in total. The summed E-state index contributed by atoms with van der Waals surface area (Å²) in [7, 11) is -3.24. The average Bonchev–Trinajstić information content (AvgIpc) is 2.82. The lowest BCUT2D eigenvalue weighted by Crippen LogP contribution is -2.27. The summed E-state index contributed by atoms with van der Waals surface area (Å²) in [6.07, 6.45) is 2.85. The summed E-state index contributed by atoms with van der Waals surface area (Å²) < 4.78 is 42.7. The van der Waals surface area contributed by atoms with Gasteiger partial charge in [-0.15, -0.1) is 0 Å². The van der Waals surface area contributed by atoms with Crippen LogP contribution in [0, 0.1) is 5.82 Å².